The topological polar surface area (TPSA) is 44.9 Å². The number of carbonyl (C=O) groups excluding carboxylic acids is 1. The molecule has 0 aliphatic rings. The lowest BCUT2D eigenvalue weighted by Crippen LogP contribution is -2.23. The minimum atomic E-state index is -0.0365. The van der Waals surface area contributed by atoms with E-state index in [2.05, 4.69) is 10.3 Å². The summed E-state index contributed by atoms with van der Waals surface area (Å²) in [6.07, 6.45) is 3.86. The van der Waals surface area contributed by atoms with Gasteiger partial charge in [0, 0.05) is 29.2 Å². The number of hydrogen-bond donors (Lipinski definition) is 2. The third-order valence-electron chi connectivity index (χ3n) is 2.59. The van der Waals surface area contributed by atoms with E-state index in [1.54, 1.807) is 0 Å². The highest BCUT2D eigenvalue weighted by atomic mass is 16.1. The van der Waals surface area contributed by atoms with E-state index >= 15 is 0 Å². The lowest BCUT2D eigenvalue weighted by molar-refractivity contribution is 0.0958. The molecule has 2 N–H and O–H groups in total. The average molecular weight is 228 g/mol. The summed E-state index contributed by atoms with van der Waals surface area (Å²) >= 11 is 0. The van der Waals surface area contributed by atoms with Crippen LogP contribution in [0.5, 0.6) is 0 Å². The Balaban J connectivity index is 2.10. The van der Waals surface area contributed by atoms with E-state index in [9.17, 15) is 4.79 Å². The summed E-state index contributed by atoms with van der Waals surface area (Å²) in [5, 5.41) is 3.92. The van der Waals surface area contributed by atoms with E-state index in [0.717, 1.165) is 10.9 Å². The van der Waals surface area contributed by atoms with Crippen molar-refractivity contribution in [1.82, 2.24) is 10.3 Å². The quantitative estimate of drug-likeness (QED) is 0.779. The van der Waals surface area contributed by atoms with Crippen molar-refractivity contribution >= 4 is 16.8 Å². The smallest absolute Gasteiger partial charge is 0.251 e. The molecule has 0 bridgehead atoms. The molecule has 1 heterocycles. The van der Waals surface area contributed by atoms with Crippen LogP contribution in [0.4, 0.5) is 0 Å². The summed E-state index contributed by atoms with van der Waals surface area (Å²) < 4.78 is 0. The highest BCUT2D eigenvalue weighted by Gasteiger charge is 2.05. The highest BCUT2D eigenvalue weighted by molar-refractivity contribution is 5.98. The predicted molar refractivity (Wildman–Crippen MR) is 70.1 cm³/mol. The van der Waals surface area contributed by atoms with Crippen molar-refractivity contribution in [3.63, 3.8) is 0 Å². The first kappa shape index (κ1) is 11.5. The van der Waals surface area contributed by atoms with Crippen molar-refractivity contribution in [2.75, 3.05) is 6.54 Å². The van der Waals surface area contributed by atoms with Crippen LogP contribution in [-0.2, 0) is 0 Å². The van der Waals surface area contributed by atoms with Gasteiger partial charge < -0.3 is 10.3 Å². The van der Waals surface area contributed by atoms with Gasteiger partial charge in [-0.2, -0.15) is 0 Å². The minimum Gasteiger partial charge on any atom is -0.361 e. The van der Waals surface area contributed by atoms with Gasteiger partial charge in [-0.3, -0.25) is 4.79 Å². The van der Waals surface area contributed by atoms with E-state index in [1.807, 2.05) is 50.4 Å². The number of fused-ring (bicyclic) bond motifs is 1. The zero-order valence-electron chi connectivity index (χ0n) is 10.1. The third-order valence-corrected chi connectivity index (χ3v) is 2.59. The molecule has 0 radical (unpaired) electrons. The summed E-state index contributed by atoms with van der Waals surface area (Å²) in [6, 6.07) is 7.60. The van der Waals surface area contributed by atoms with Crippen molar-refractivity contribution in [3.05, 3.63) is 47.7 Å². The van der Waals surface area contributed by atoms with E-state index in [-0.39, 0.29) is 5.91 Å². The van der Waals surface area contributed by atoms with Gasteiger partial charge in [-0.05, 0) is 38.1 Å². The van der Waals surface area contributed by atoms with Crippen LogP contribution >= 0.6 is 0 Å². The summed E-state index contributed by atoms with van der Waals surface area (Å²) in [5.41, 5.74) is 2.94. The number of aromatic amines is 1. The Morgan fingerprint density at radius 1 is 1.35 bits per heavy atom. The lowest BCUT2D eigenvalue weighted by atomic mass is 10.1. The van der Waals surface area contributed by atoms with E-state index in [4.69, 9.17) is 0 Å². The van der Waals surface area contributed by atoms with Crippen molar-refractivity contribution in [2.24, 2.45) is 0 Å². The molecule has 0 unspecified atom stereocenters. The second kappa shape index (κ2) is 4.87. The Hall–Kier alpha value is -2.03. The summed E-state index contributed by atoms with van der Waals surface area (Å²) in [5.74, 6) is -0.0365. The minimum absolute atomic E-state index is 0.0365. The average Bonchev–Trinajstić information content (AvgIpc) is 2.75. The molecule has 1 aromatic heterocycles. The Morgan fingerprint density at radius 3 is 2.94 bits per heavy atom. The Bertz CT molecular complexity index is 562. The molecule has 2 rings (SSSR count). The van der Waals surface area contributed by atoms with Crippen LogP contribution < -0.4 is 5.32 Å². The van der Waals surface area contributed by atoms with Gasteiger partial charge in [-0.15, -0.1) is 0 Å². The fraction of sp³-hybridized carbons (Fsp3) is 0.214. The SMILES string of the molecule is CC(C)=CCNC(=O)c1ccc2[nH]ccc2c1. The van der Waals surface area contributed by atoms with Crippen LogP contribution in [0.3, 0.4) is 0 Å². The molecule has 3 heteroatoms. The number of amides is 1. The monoisotopic (exact) mass is 228 g/mol. The van der Waals surface area contributed by atoms with Crippen LogP contribution in [0.2, 0.25) is 0 Å². The summed E-state index contributed by atoms with van der Waals surface area (Å²) in [4.78, 5) is 14.9. The number of H-pyrrole nitrogens is 1. The first-order valence-electron chi connectivity index (χ1n) is 5.65. The molecule has 0 saturated carbocycles. The molecule has 3 nitrogen and oxygen atoms in total. The molecule has 1 amide bonds. The van der Waals surface area contributed by atoms with Gasteiger partial charge in [0.2, 0.25) is 0 Å². The molecule has 0 aliphatic carbocycles. The lowest BCUT2D eigenvalue weighted by Gasteiger charge is -2.03. The standard InChI is InChI=1S/C14H16N2O/c1-10(2)5-7-16-14(17)12-3-4-13-11(9-12)6-8-15-13/h3-6,8-9,15H,7H2,1-2H3,(H,16,17). The Kier molecular flexibility index (Phi) is 3.28. The molecule has 0 aliphatic heterocycles. The van der Waals surface area contributed by atoms with Crippen molar-refractivity contribution < 1.29 is 4.79 Å². The molecule has 17 heavy (non-hydrogen) atoms. The molecular formula is C14H16N2O. The number of hydrogen-bond acceptors (Lipinski definition) is 1. The van der Waals surface area contributed by atoms with Crippen LogP contribution in [-0.4, -0.2) is 17.4 Å². The molecule has 0 fully saturated rings. The van der Waals surface area contributed by atoms with E-state index < -0.39 is 0 Å². The van der Waals surface area contributed by atoms with Gasteiger partial charge in [0.1, 0.15) is 0 Å². The third kappa shape index (κ3) is 2.75. The fourth-order valence-electron chi connectivity index (χ4n) is 1.64. The molecule has 2 aromatic rings. The van der Waals surface area contributed by atoms with Crippen molar-refractivity contribution in [3.8, 4) is 0 Å². The normalized spacial score (nSPS) is 10.2. The van der Waals surface area contributed by atoms with Gasteiger partial charge >= 0.3 is 0 Å². The molecule has 0 atom stereocenters. The maximum absolute atomic E-state index is 11.8. The molecule has 1 aromatic carbocycles. The zero-order chi connectivity index (χ0) is 12.3. The van der Waals surface area contributed by atoms with Gasteiger partial charge in [0.25, 0.3) is 5.91 Å². The number of benzene rings is 1. The largest absolute Gasteiger partial charge is 0.361 e. The predicted octanol–water partition coefficient (Wildman–Crippen LogP) is 2.86. The van der Waals surface area contributed by atoms with Crippen molar-refractivity contribution in [2.45, 2.75) is 13.8 Å². The number of allylic oxidation sites excluding steroid dienone is 1. The fourth-order valence-corrected chi connectivity index (χ4v) is 1.64. The number of carbonyl (C=O) groups is 1. The number of aromatic nitrogens is 1. The Labute approximate surface area is 101 Å². The molecular weight excluding hydrogens is 212 g/mol. The van der Waals surface area contributed by atoms with Crippen LogP contribution in [0.1, 0.15) is 24.2 Å². The van der Waals surface area contributed by atoms with Gasteiger partial charge in [0.15, 0.2) is 0 Å². The maximum atomic E-state index is 11.8. The van der Waals surface area contributed by atoms with Gasteiger partial charge in [0.05, 0.1) is 0 Å². The summed E-state index contributed by atoms with van der Waals surface area (Å²) in [7, 11) is 0. The van der Waals surface area contributed by atoms with Gasteiger partial charge in [-0.25, -0.2) is 0 Å². The molecule has 0 spiro atoms. The number of rotatable bonds is 3. The van der Waals surface area contributed by atoms with Crippen LogP contribution in [0.15, 0.2) is 42.1 Å². The van der Waals surface area contributed by atoms with Gasteiger partial charge in [-0.1, -0.05) is 11.6 Å². The molecule has 88 valence electrons. The number of nitrogens with one attached hydrogen (secondary N) is 2. The Morgan fingerprint density at radius 2 is 2.18 bits per heavy atom. The van der Waals surface area contributed by atoms with Crippen LogP contribution in [0, 0.1) is 0 Å². The first-order chi connectivity index (χ1) is 8.16. The van der Waals surface area contributed by atoms with E-state index in [0.29, 0.717) is 12.1 Å². The van der Waals surface area contributed by atoms with E-state index in [1.165, 1.54) is 5.57 Å². The maximum Gasteiger partial charge on any atom is 0.251 e. The van der Waals surface area contributed by atoms with Crippen molar-refractivity contribution in [1.29, 1.82) is 0 Å². The first-order valence-corrected chi connectivity index (χ1v) is 5.65. The second-order valence-electron chi connectivity index (χ2n) is 4.27. The highest BCUT2D eigenvalue weighted by Crippen LogP contribution is 2.14. The zero-order valence-corrected chi connectivity index (χ0v) is 10.1. The van der Waals surface area contributed by atoms with Crippen LogP contribution in [0.25, 0.3) is 10.9 Å². The second-order valence-corrected chi connectivity index (χ2v) is 4.27. The molecule has 0 saturated heterocycles. The summed E-state index contributed by atoms with van der Waals surface area (Å²) in [6.45, 7) is 4.60.